The van der Waals surface area contributed by atoms with Crippen molar-refractivity contribution in [2.45, 2.75) is 82.3 Å². The Kier molecular flexibility index (Phi) is 13.7. The lowest BCUT2D eigenvalue weighted by atomic mass is 9.99. The predicted molar refractivity (Wildman–Crippen MR) is 156 cm³/mol. The van der Waals surface area contributed by atoms with Gasteiger partial charge in [-0.15, -0.1) is 0 Å². The van der Waals surface area contributed by atoms with E-state index in [4.69, 9.17) is 10.8 Å². The zero-order valence-electron chi connectivity index (χ0n) is 24.1. The Bertz CT molecular complexity index is 1240. The molecule has 0 bridgehead atoms. The van der Waals surface area contributed by atoms with Crippen molar-refractivity contribution in [3.8, 4) is 5.75 Å². The van der Waals surface area contributed by atoms with Gasteiger partial charge in [-0.05, 0) is 49.9 Å². The molecule has 3 amide bonds. The van der Waals surface area contributed by atoms with Crippen LogP contribution in [0.2, 0.25) is 0 Å². The summed E-state index contributed by atoms with van der Waals surface area (Å²) >= 11 is 0. The minimum atomic E-state index is -1.57. The maximum absolute atomic E-state index is 13.4. The van der Waals surface area contributed by atoms with E-state index < -0.39 is 65.8 Å². The highest BCUT2D eigenvalue weighted by Crippen LogP contribution is 2.13. The number of phenolic OH excluding ortho intramolecular Hbond substituents is 1. The molecule has 13 nitrogen and oxygen atoms in total. The zero-order valence-corrected chi connectivity index (χ0v) is 24.1. The monoisotopic (exact) mass is 600 g/mol. The third kappa shape index (κ3) is 11.8. The number of carboxylic acid groups (broad SMARTS) is 1. The summed E-state index contributed by atoms with van der Waals surface area (Å²) in [6.07, 6.45) is -2.98. The molecule has 0 aliphatic rings. The quantitative estimate of drug-likeness (QED) is 0.117. The molecule has 0 heterocycles. The van der Waals surface area contributed by atoms with Crippen LogP contribution in [0.4, 0.5) is 0 Å². The number of carbonyl (C=O) groups excluding carboxylic acids is 4. The molecule has 0 radical (unpaired) electrons. The van der Waals surface area contributed by atoms with Crippen molar-refractivity contribution in [1.82, 2.24) is 16.0 Å². The van der Waals surface area contributed by atoms with Gasteiger partial charge < -0.3 is 42.1 Å². The van der Waals surface area contributed by atoms with Gasteiger partial charge in [0.25, 0.3) is 0 Å². The van der Waals surface area contributed by atoms with Crippen molar-refractivity contribution in [3.05, 3.63) is 65.7 Å². The summed E-state index contributed by atoms with van der Waals surface area (Å²) in [5.74, 6) is -4.25. The van der Waals surface area contributed by atoms with Crippen molar-refractivity contribution < 1.29 is 44.4 Å². The maximum atomic E-state index is 13.4. The first kappa shape index (κ1) is 34.9. The molecule has 9 N–H and O–H groups in total. The fourth-order valence-electron chi connectivity index (χ4n) is 4.21. The van der Waals surface area contributed by atoms with E-state index in [-0.39, 0.29) is 31.4 Å². The Morgan fingerprint density at radius 3 is 1.88 bits per heavy atom. The number of carbonyl (C=O) groups is 5. The van der Waals surface area contributed by atoms with Crippen LogP contribution >= 0.6 is 0 Å². The minimum absolute atomic E-state index is 0.0223. The maximum Gasteiger partial charge on any atom is 0.303 e. The third-order valence-corrected chi connectivity index (χ3v) is 6.71. The number of rotatable bonds is 17. The fourth-order valence-corrected chi connectivity index (χ4v) is 4.21. The summed E-state index contributed by atoms with van der Waals surface area (Å²) < 4.78 is 0. The summed E-state index contributed by atoms with van der Waals surface area (Å²) in [6.45, 7) is 2.58. The number of nitrogens with one attached hydrogen (secondary N) is 3. The Morgan fingerprint density at radius 2 is 1.33 bits per heavy atom. The van der Waals surface area contributed by atoms with E-state index >= 15 is 0 Å². The Labute approximate surface area is 249 Å². The average molecular weight is 601 g/mol. The molecule has 43 heavy (non-hydrogen) atoms. The van der Waals surface area contributed by atoms with Crippen LogP contribution in [0, 0.1) is 0 Å². The number of Topliss-reactive ketones (excluding diaryl/α,β-unsaturated/α-hetero) is 1. The highest BCUT2D eigenvalue weighted by Gasteiger charge is 2.34. The highest BCUT2D eigenvalue weighted by molar-refractivity contribution is 5.95. The number of hydrogen-bond acceptors (Lipinski definition) is 9. The molecule has 6 atom stereocenters. The van der Waals surface area contributed by atoms with Crippen molar-refractivity contribution in [2.24, 2.45) is 5.73 Å². The molecule has 0 aliphatic heterocycles. The van der Waals surface area contributed by atoms with E-state index in [1.807, 2.05) is 30.3 Å². The number of carboxylic acids is 1. The second-order valence-electron chi connectivity index (χ2n) is 10.4. The SMILES string of the molecule is C[C@@H](O)C(NC(=O)[C@H](Cc1ccc(O)cc1)NC(=O)[C@@H](N)CCC(=O)O)C(=O)N[C@H](C(=O)CCc1ccccc1)[C@@H](C)O. The van der Waals surface area contributed by atoms with E-state index in [1.54, 1.807) is 0 Å². The number of aromatic hydroxyl groups is 1. The Hall–Kier alpha value is -4.33. The topological polar surface area (TPSA) is 228 Å². The number of aliphatic carboxylic acids is 1. The number of benzene rings is 2. The summed E-state index contributed by atoms with van der Waals surface area (Å²) in [6, 6.07) is 9.51. The summed E-state index contributed by atoms with van der Waals surface area (Å²) in [5.41, 5.74) is 7.21. The van der Waals surface area contributed by atoms with E-state index in [9.17, 15) is 39.3 Å². The van der Waals surface area contributed by atoms with E-state index in [1.165, 1.54) is 38.1 Å². The molecule has 1 unspecified atom stereocenters. The molecule has 0 aliphatic carbocycles. The number of phenols is 1. The van der Waals surface area contributed by atoms with Crippen molar-refractivity contribution in [2.75, 3.05) is 0 Å². The molecule has 0 fully saturated rings. The van der Waals surface area contributed by atoms with Gasteiger partial charge in [-0.25, -0.2) is 0 Å². The molecule has 2 aromatic rings. The lowest BCUT2D eigenvalue weighted by molar-refractivity contribution is -0.137. The van der Waals surface area contributed by atoms with Crippen LogP contribution in [0.15, 0.2) is 54.6 Å². The average Bonchev–Trinajstić information content (AvgIpc) is 2.96. The fraction of sp³-hybridized carbons (Fsp3) is 0.433. The van der Waals surface area contributed by atoms with E-state index in [0.717, 1.165) is 5.56 Å². The van der Waals surface area contributed by atoms with Gasteiger partial charge in [-0.2, -0.15) is 0 Å². The van der Waals surface area contributed by atoms with Gasteiger partial charge in [0.15, 0.2) is 5.78 Å². The van der Waals surface area contributed by atoms with Crippen molar-refractivity contribution >= 4 is 29.5 Å². The van der Waals surface area contributed by atoms with Gasteiger partial charge in [0.05, 0.1) is 18.2 Å². The van der Waals surface area contributed by atoms with Gasteiger partial charge in [0.1, 0.15) is 23.9 Å². The number of aliphatic hydroxyl groups is 2. The second-order valence-corrected chi connectivity index (χ2v) is 10.4. The molecular weight excluding hydrogens is 560 g/mol. The van der Waals surface area contributed by atoms with Crippen molar-refractivity contribution in [1.29, 1.82) is 0 Å². The highest BCUT2D eigenvalue weighted by atomic mass is 16.4. The van der Waals surface area contributed by atoms with Gasteiger partial charge in [-0.3, -0.25) is 24.0 Å². The van der Waals surface area contributed by atoms with Crippen LogP contribution in [-0.2, 0) is 36.8 Å². The number of amides is 3. The molecule has 0 saturated carbocycles. The van der Waals surface area contributed by atoms with Crippen LogP contribution in [0.25, 0.3) is 0 Å². The molecule has 0 aromatic heterocycles. The first-order valence-electron chi connectivity index (χ1n) is 13.9. The standard InChI is InChI=1S/C30H40N4O9/c1-17(35)26(24(38)14-10-19-6-4-3-5-7-19)33-30(43)27(18(2)36)34-29(42)23(16-20-8-11-21(37)12-9-20)32-28(41)22(31)13-15-25(39)40/h3-9,11-12,17-18,22-23,26-27,35-37H,10,13-16,31H2,1-2H3,(H,32,41)(H,33,43)(H,34,42)(H,39,40)/t17-,18-,22+,23+,26+,27?/m1/s1. The number of hydrogen-bond donors (Lipinski definition) is 8. The van der Waals surface area contributed by atoms with Gasteiger partial charge in [-0.1, -0.05) is 42.5 Å². The summed E-state index contributed by atoms with van der Waals surface area (Å²) in [7, 11) is 0. The minimum Gasteiger partial charge on any atom is -0.508 e. The summed E-state index contributed by atoms with van der Waals surface area (Å²) in [4.78, 5) is 63.0. The van der Waals surface area contributed by atoms with Crippen LogP contribution in [-0.4, -0.2) is 86.3 Å². The molecule has 0 saturated heterocycles. The van der Waals surface area contributed by atoms with Crippen LogP contribution in [0.3, 0.4) is 0 Å². The van der Waals surface area contributed by atoms with Crippen LogP contribution in [0.5, 0.6) is 5.75 Å². The van der Waals surface area contributed by atoms with Crippen LogP contribution < -0.4 is 21.7 Å². The number of ketones is 1. The lowest BCUT2D eigenvalue weighted by Gasteiger charge is -2.28. The van der Waals surface area contributed by atoms with Gasteiger partial charge >= 0.3 is 5.97 Å². The second kappa shape index (κ2) is 16.9. The molecule has 2 rings (SSSR count). The molecule has 2 aromatic carbocycles. The number of aryl methyl sites for hydroxylation is 1. The van der Waals surface area contributed by atoms with E-state index in [0.29, 0.717) is 12.0 Å². The number of nitrogens with two attached hydrogens (primary N) is 1. The predicted octanol–water partition coefficient (Wildman–Crippen LogP) is -0.455. The zero-order chi connectivity index (χ0) is 32.1. The number of aliphatic hydroxyl groups excluding tert-OH is 2. The van der Waals surface area contributed by atoms with Crippen LogP contribution in [0.1, 0.15) is 44.2 Å². The van der Waals surface area contributed by atoms with Crippen molar-refractivity contribution in [3.63, 3.8) is 0 Å². The first-order valence-corrected chi connectivity index (χ1v) is 13.9. The smallest absolute Gasteiger partial charge is 0.303 e. The molecule has 234 valence electrons. The molecular formula is C30H40N4O9. The Morgan fingerprint density at radius 1 is 0.744 bits per heavy atom. The largest absolute Gasteiger partial charge is 0.508 e. The summed E-state index contributed by atoms with van der Waals surface area (Å²) in [5, 5.41) is 46.3. The normalized spacial score (nSPS) is 15.2. The lowest BCUT2D eigenvalue weighted by Crippen LogP contribution is -2.61. The van der Waals surface area contributed by atoms with Gasteiger partial charge in [0.2, 0.25) is 17.7 Å². The molecule has 13 heteroatoms. The van der Waals surface area contributed by atoms with Gasteiger partial charge in [0, 0.05) is 19.3 Å². The first-order chi connectivity index (χ1) is 20.3. The third-order valence-electron chi connectivity index (χ3n) is 6.71. The molecule has 0 spiro atoms. The Balaban J connectivity index is 2.17. The van der Waals surface area contributed by atoms with E-state index in [2.05, 4.69) is 16.0 Å².